The van der Waals surface area contributed by atoms with Crippen molar-refractivity contribution < 1.29 is 9.53 Å². The van der Waals surface area contributed by atoms with Gasteiger partial charge in [-0.05, 0) is 18.6 Å². The number of aromatic nitrogens is 4. The van der Waals surface area contributed by atoms with Crippen LogP contribution < -0.4 is 10.9 Å². The second-order valence-electron chi connectivity index (χ2n) is 4.97. The van der Waals surface area contributed by atoms with E-state index >= 15 is 0 Å². The second-order valence-corrected chi connectivity index (χ2v) is 5.76. The van der Waals surface area contributed by atoms with Crippen LogP contribution in [0.3, 0.4) is 0 Å². The van der Waals surface area contributed by atoms with Crippen molar-refractivity contribution in [2.45, 2.75) is 13.5 Å². The maximum absolute atomic E-state index is 12.3. The molecule has 0 atom stereocenters. The van der Waals surface area contributed by atoms with Crippen LogP contribution in [0.2, 0.25) is 10.0 Å². The lowest BCUT2D eigenvalue weighted by Crippen LogP contribution is -2.24. The first-order chi connectivity index (χ1) is 12.0. The van der Waals surface area contributed by atoms with Crippen molar-refractivity contribution >= 4 is 40.9 Å². The number of hydrogen-bond donors (Lipinski definition) is 2. The fraction of sp³-hybridized carbons (Fsp3) is 0.200. The number of carbonyl (C=O) groups excluding carboxylic acids is 1. The number of fused-ring (bicyclic) bond motifs is 1. The number of benzene rings is 1. The fourth-order valence-corrected chi connectivity index (χ4v) is 2.54. The molecule has 0 aliphatic heterocycles. The molecule has 25 heavy (non-hydrogen) atoms. The molecule has 0 spiro atoms. The summed E-state index contributed by atoms with van der Waals surface area (Å²) < 4.78 is 5.89. The average Bonchev–Trinajstić information content (AvgIpc) is 3.01. The van der Waals surface area contributed by atoms with Crippen LogP contribution in [0.1, 0.15) is 22.8 Å². The summed E-state index contributed by atoms with van der Waals surface area (Å²) >= 11 is 12.1. The SMILES string of the molecule is CCOC(=O)c1cnc2nc(NCc3cccc(Cl)c3Cl)[nH]n2c1=O. The Kier molecular flexibility index (Phi) is 4.91. The van der Waals surface area contributed by atoms with Crippen molar-refractivity contribution in [3.63, 3.8) is 0 Å². The Hall–Kier alpha value is -2.58. The monoisotopic (exact) mass is 381 g/mol. The molecule has 0 aliphatic carbocycles. The van der Waals surface area contributed by atoms with Gasteiger partial charge in [0.1, 0.15) is 5.56 Å². The molecule has 3 aromatic rings. The molecule has 0 bridgehead atoms. The standard InChI is InChI=1S/C15H13Cl2N5O3/c1-2-25-13(24)9-7-19-15-20-14(21-22(15)12(9)23)18-6-8-4-3-5-10(16)11(8)17/h3-5,7H,2,6H2,1H3,(H2,18,19,20,21). The third kappa shape index (κ3) is 3.45. The topological polar surface area (TPSA) is 101 Å². The Morgan fingerprint density at radius 3 is 2.96 bits per heavy atom. The van der Waals surface area contributed by atoms with Crippen LogP contribution in [0.5, 0.6) is 0 Å². The largest absolute Gasteiger partial charge is 0.462 e. The van der Waals surface area contributed by atoms with E-state index in [0.29, 0.717) is 22.5 Å². The lowest BCUT2D eigenvalue weighted by Gasteiger charge is -2.06. The summed E-state index contributed by atoms with van der Waals surface area (Å²) in [7, 11) is 0. The third-order valence-corrected chi connectivity index (χ3v) is 4.20. The zero-order chi connectivity index (χ0) is 18.0. The first-order valence-electron chi connectivity index (χ1n) is 7.33. The molecule has 0 unspecified atom stereocenters. The number of carbonyl (C=O) groups is 1. The lowest BCUT2D eigenvalue weighted by molar-refractivity contribution is 0.0523. The molecule has 10 heteroatoms. The van der Waals surface area contributed by atoms with Crippen molar-refractivity contribution in [2.75, 3.05) is 11.9 Å². The Morgan fingerprint density at radius 1 is 1.40 bits per heavy atom. The number of anilines is 1. The zero-order valence-electron chi connectivity index (χ0n) is 13.0. The van der Waals surface area contributed by atoms with Crippen molar-refractivity contribution in [1.82, 2.24) is 19.6 Å². The van der Waals surface area contributed by atoms with Crippen LogP contribution >= 0.6 is 23.2 Å². The van der Waals surface area contributed by atoms with E-state index in [1.165, 1.54) is 0 Å². The minimum atomic E-state index is -0.732. The minimum Gasteiger partial charge on any atom is -0.462 e. The molecular weight excluding hydrogens is 369 g/mol. The van der Waals surface area contributed by atoms with Crippen LogP contribution in [0.4, 0.5) is 5.95 Å². The molecule has 2 N–H and O–H groups in total. The molecule has 0 saturated heterocycles. The van der Waals surface area contributed by atoms with Crippen LogP contribution in [0.15, 0.2) is 29.2 Å². The van der Waals surface area contributed by atoms with Crippen LogP contribution in [-0.4, -0.2) is 32.2 Å². The summed E-state index contributed by atoms with van der Waals surface area (Å²) in [4.78, 5) is 32.2. The van der Waals surface area contributed by atoms with E-state index in [1.807, 2.05) is 6.07 Å². The average molecular weight is 382 g/mol. The van der Waals surface area contributed by atoms with Gasteiger partial charge in [-0.2, -0.15) is 9.50 Å². The normalized spacial score (nSPS) is 10.8. The van der Waals surface area contributed by atoms with E-state index in [4.69, 9.17) is 27.9 Å². The third-order valence-electron chi connectivity index (χ3n) is 3.35. The highest BCUT2D eigenvalue weighted by Crippen LogP contribution is 2.25. The Morgan fingerprint density at radius 2 is 2.20 bits per heavy atom. The molecule has 0 saturated carbocycles. The van der Waals surface area contributed by atoms with Gasteiger partial charge in [-0.15, -0.1) is 0 Å². The van der Waals surface area contributed by atoms with Gasteiger partial charge in [0.25, 0.3) is 11.3 Å². The molecule has 0 aliphatic rings. The van der Waals surface area contributed by atoms with Gasteiger partial charge < -0.3 is 10.1 Å². The number of ether oxygens (including phenoxy) is 1. The summed E-state index contributed by atoms with van der Waals surface area (Å²) in [6.45, 7) is 2.15. The van der Waals surface area contributed by atoms with E-state index in [2.05, 4.69) is 20.4 Å². The highest BCUT2D eigenvalue weighted by molar-refractivity contribution is 6.42. The molecule has 1 aromatic carbocycles. The van der Waals surface area contributed by atoms with E-state index in [-0.39, 0.29) is 17.9 Å². The van der Waals surface area contributed by atoms with Gasteiger partial charge in [0.05, 0.1) is 22.8 Å². The molecule has 0 radical (unpaired) electrons. The molecule has 0 amide bonds. The highest BCUT2D eigenvalue weighted by atomic mass is 35.5. The summed E-state index contributed by atoms with van der Waals surface area (Å²) in [5, 5.41) is 6.62. The van der Waals surface area contributed by atoms with Crippen LogP contribution in [0.25, 0.3) is 5.78 Å². The zero-order valence-corrected chi connectivity index (χ0v) is 14.6. The van der Waals surface area contributed by atoms with Gasteiger partial charge in [0, 0.05) is 6.54 Å². The van der Waals surface area contributed by atoms with Gasteiger partial charge in [0.2, 0.25) is 5.95 Å². The van der Waals surface area contributed by atoms with Crippen molar-refractivity contribution in [3.05, 3.63) is 55.9 Å². The van der Waals surface area contributed by atoms with Gasteiger partial charge in [0.15, 0.2) is 0 Å². The Labute approximate surface area is 151 Å². The maximum Gasteiger partial charge on any atom is 0.345 e. The number of nitrogens with one attached hydrogen (secondary N) is 2. The molecule has 8 nitrogen and oxygen atoms in total. The number of hydrogen-bond acceptors (Lipinski definition) is 6. The number of esters is 1. The van der Waals surface area contributed by atoms with E-state index < -0.39 is 11.5 Å². The first-order valence-corrected chi connectivity index (χ1v) is 8.08. The predicted octanol–water partition coefficient (Wildman–Crippen LogP) is 2.51. The molecule has 2 heterocycles. The van der Waals surface area contributed by atoms with Gasteiger partial charge in [-0.3, -0.25) is 9.89 Å². The molecule has 130 valence electrons. The maximum atomic E-state index is 12.3. The first kappa shape index (κ1) is 17.2. The van der Waals surface area contributed by atoms with Crippen molar-refractivity contribution in [1.29, 1.82) is 0 Å². The number of rotatable bonds is 5. The minimum absolute atomic E-state index is 0.123. The van der Waals surface area contributed by atoms with Gasteiger partial charge >= 0.3 is 5.97 Å². The van der Waals surface area contributed by atoms with Gasteiger partial charge in [-0.25, -0.2) is 9.78 Å². The smallest absolute Gasteiger partial charge is 0.345 e. The van der Waals surface area contributed by atoms with Crippen molar-refractivity contribution in [2.24, 2.45) is 0 Å². The molecule has 3 rings (SSSR count). The Balaban J connectivity index is 1.86. The highest BCUT2D eigenvalue weighted by Gasteiger charge is 2.16. The van der Waals surface area contributed by atoms with E-state index in [0.717, 1.165) is 16.3 Å². The molecule has 2 aromatic heterocycles. The number of halogens is 2. The van der Waals surface area contributed by atoms with Gasteiger partial charge in [-0.1, -0.05) is 35.3 Å². The molecular formula is C15H13Cl2N5O3. The summed E-state index contributed by atoms with van der Waals surface area (Å²) in [5.41, 5.74) is -0.000588. The van der Waals surface area contributed by atoms with E-state index in [9.17, 15) is 9.59 Å². The number of nitrogens with zero attached hydrogens (tertiary/aromatic N) is 3. The van der Waals surface area contributed by atoms with Crippen LogP contribution in [0, 0.1) is 0 Å². The van der Waals surface area contributed by atoms with Crippen LogP contribution in [-0.2, 0) is 11.3 Å². The summed E-state index contributed by atoms with van der Waals surface area (Å²) in [6, 6.07) is 5.28. The lowest BCUT2D eigenvalue weighted by atomic mass is 10.2. The summed E-state index contributed by atoms with van der Waals surface area (Å²) in [6.07, 6.45) is 1.15. The van der Waals surface area contributed by atoms with E-state index in [1.54, 1.807) is 19.1 Å². The Bertz CT molecular complexity index is 998. The van der Waals surface area contributed by atoms with Crippen molar-refractivity contribution in [3.8, 4) is 0 Å². The second kappa shape index (κ2) is 7.12. The number of aromatic amines is 1. The molecule has 0 fully saturated rings. The quantitative estimate of drug-likeness (QED) is 0.658. The predicted molar refractivity (Wildman–Crippen MR) is 93.4 cm³/mol. The number of H-pyrrole nitrogens is 1. The summed E-state index contributed by atoms with van der Waals surface area (Å²) in [5.74, 6) is -0.316. The fourth-order valence-electron chi connectivity index (χ4n) is 2.15.